The summed E-state index contributed by atoms with van der Waals surface area (Å²) in [5.74, 6) is 0.813. The molecule has 1 atom stereocenters. The van der Waals surface area contributed by atoms with E-state index < -0.39 is 0 Å². The third-order valence-electron chi connectivity index (χ3n) is 2.92. The predicted octanol–water partition coefficient (Wildman–Crippen LogP) is 3.07. The lowest BCUT2D eigenvalue weighted by atomic mass is 10.0. The third-order valence-corrected chi connectivity index (χ3v) is 2.92. The quantitative estimate of drug-likeness (QED) is 0.605. The summed E-state index contributed by atoms with van der Waals surface area (Å²) in [5.41, 5.74) is 1.44. The topological polar surface area (TPSA) is 3.24 Å². The molecule has 1 rings (SSSR count). The molecule has 0 saturated carbocycles. The van der Waals surface area contributed by atoms with Gasteiger partial charge in [-0.25, -0.2) is 0 Å². The Labute approximate surface area is 82.8 Å². The van der Waals surface area contributed by atoms with Crippen molar-refractivity contribution in [3.8, 4) is 0 Å². The molecule has 1 nitrogen and oxygen atoms in total. The lowest BCUT2D eigenvalue weighted by Gasteiger charge is -2.26. The molecule has 0 radical (unpaired) electrons. The summed E-state index contributed by atoms with van der Waals surface area (Å²) in [5, 5.41) is 0. The third kappa shape index (κ3) is 3.15. The Hall–Kier alpha value is -0.300. The number of nitrogens with zero attached hydrogens (tertiary/aromatic N) is 1. The van der Waals surface area contributed by atoms with Gasteiger partial charge in [-0.05, 0) is 39.2 Å². The number of rotatable bonds is 3. The van der Waals surface area contributed by atoms with Gasteiger partial charge in [-0.3, -0.25) is 4.90 Å². The van der Waals surface area contributed by atoms with E-state index in [1.165, 1.54) is 25.0 Å². The molecule has 1 heteroatoms. The molecule has 0 bridgehead atoms. The minimum absolute atomic E-state index is 0.813. The average molecular weight is 181 g/mol. The molecule has 1 unspecified atom stereocenters. The van der Waals surface area contributed by atoms with E-state index in [2.05, 4.69) is 38.7 Å². The maximum absolute atomic E-state index is 2.62. The van der Waals surface area contributed by atoms with Crippen molar-refractivity contribution in [2.24, 2.45) is 5.92 Å². The van der Waals surface area contributed by atoms with E-state index in [4.69, 9.17) is 0 Å². The van der Waals surface area contributed by atoms with Crippen LogP contribution in [0.1, 0.15) is 40.5 Å². The second-order valence-corrected chi connectivity index (χ2v) is 4.73. The van der Waals surface area contributed by atoms with E-state index in [0.717, 1.165) is 18.5 Å². The van der Waals surface area contributed by atoms with Gasteiger partial charge >= 0.3 is 0 Å². The first-order chi connectivity index (χ1) is 6.11. The molecule has 1 aliphatic heterocycles. The summed E-state index contributed by atoms with van der Waals surface area (Å²) < 4.78 is 0. The van der Waals surface area contributed by atoms with Crippen LogP contribution in [0.15, 0.2) is 11.6 Å². The van der Waals surface area contributed by atoms with Crippen LogP contribution in [-0.4, -0.2) is 24.0 Å². The molecule has 1 fully saturated rings. The van der Waals surface area contributed by atoms with Gasteiger partial charge in [0.05, 0.1) is 0 Å². The van der Waals surface area contributed by atoms with Crippen LogP contribution in [0.3, 0.4) is 0 Å². The van der Waals surface area contributed by atoms with E-state index in [9.17, 15) is 0 Å². The summed E-state index contributed by atoms with van der Waals surface area (Å²) >= 11 is 0. The largest absolute Gasteiger partial charge is 0.296 e. The Bertz CT molecular complexity index is 178. The summed E-state index contributed by atoms with van der Waals surface area (Å²) in [4.78, 5) is 2.62. The zero-order valence-electron chi connectivity index (χ0n) is 9.51. The lowest BCUT2D eigenvalue weighted by Crippen LogP contribution is -2.33. The summed E-state index contributed by atoms with van der Waals surface area (Å²) in [6.07, 6.45) is 5.13. The highest BCUT2D eigenvalue weighted by atomic mass is 15.2. The van der Waals surface area contributed by atoms with Crippen LogP contribution in [0.4, 0.5) is 0 Å². The van der Waals surface area contributed by atoms with Gasteiger partial charge in [-0.15, -0.1) is 0 Å². The summed E-state index contributed by atoms with van der Waals surface area (Å²) in [6.45, 7) is 11.5. The molecular formula is C12H23N. The van der Waals surface area contributed by atoms with Crippen LogP contribution < -0.4 is 0 Å². The molecule has 0 aromatic rings. The van der Waals surface area contributed by atoms with Crippen molar-refractivity contribution in [3.63, 3.8) is 0 Å². The van der Waals surface area contributed by atoms with Gasteiger partial charge in [0.2, 0.25) is 0 Å². The first kappa shape index (κ1) is 10.8. The van der Waals surface area contributed by atoms with E-state index in [1.54, 1.807) is 0 Å². The first-order valence-corrected chi connectivity index (χ1v) is 5.48. The Morgan fingerprint density at radius 2 is 2.15 bits per heavy atom. The van der Waals surface area contributed by atoms with Crippen LogP contribution in [0, 0.1) is 5.92 Å². The number of hydrogen-bond donors (Lipinski definition) is 0. The first-order valence-electron chi connectivity index (χ1n) is 5.48. The van der Waals surface area contributed by atoms with E-state index in [-0.39, 0.29) is 0 Å². The normalized spacial score (nSPS) is 23.9. The maximum atomic E-state index is 2.62. The van der Waals surface area contributed by atoms with Gasteiger partial charge < -0.3 is 0 Å². The van der Waals surface area contributed by atoms with Crippen LogP contribution in [0.2, 0.25) is 0 Å². The van der Waals surface area contributed by atoms with Crippen molar-refractivity contribution in [3.05, 3.63) is 11.6 Å². The Kier molecular flexibility index (Phi) is 3.98. The van der Waals surface area contributed by atoms with Gasteiger partial charge in [0, 0.05) is 12.6 Å². The lowest BCUT2D eigenvalue weighted by molar-refractivity contribution is 0.227. The average Bonchev–Trinajstić information content (AvgIpc) is 2.47. The summed E-state index contributed by atoms with van der Waals surface area (Å²) in [6, 6.07) is 0.829. The van der Waals surface area contributed by atoms with E-state index >= 15 is 0 Å². The zero-order chi connectivity index (χ0) is 9.84. The van der Waals surface area contributed by atoms with Gasteiger partial charge in [-0.2, -0.15) is 0 Å². The molecule has 1 saturated heterocycles. The number of likely N-dealkylation sites (tertiary alicyclic amines) is 1. The molecule has 13 heavy (non-hydrogen) atoms. The van der Waals surface area contributed by atoms with Crippen molar-refractivity contribution in [2.75, 3.05) is 13.1 Å². The fraction of sp³-hybridized carbons (Fsp3) is 0.833. The van der Waals surface area contributed by atoms with Gasteiger partial charge in [0.25, 0.3) is 0 Å². The molecule has 1 aliphatic rings. The molecule has 0 aromatic carbocycles. The maximum Gasteiger partial charge on any atom is 0.0168 e. The second-order valence-electron chi connectivity index (χ2n) is 4.73. The second kappa shape index (κ2) is 4.80. The Morgan fingerprint density at radius 3 is 2.69 bits per heavy atom. The highest BCUT2D eigenvalue weighted by molar-refractivity contribution is 4.97. The molecule has 1 heterocycles. The fourth-order valence-electron chi connectivity index (χ4n) is 2.13. The predicted molar refractivity (Wildman–Crippen MR) is 58.9 cm³/mol. The van der Waals surface area contributed by atoms with Crippen molar-refractivity contribution >= 4 is 0 Å². The molecule has 0 spiro atoms. The van der Waals surface area contributed by atoms with E-state index in [1.807, 2.05) is 0 Å². The van der Waals surface area contributed by atoms with Crippen molar-refractivity contribution in [1.82, 2.24) is 4.90 Å². The van der Waals surface area contributed by atoms with Crippen molar-refractivity contribution < 1.29 is 0 Å². The Balaban J connectivity index is 2.44. The van der Waals surface area contributed by atoms with Crippen molar-refractivity contribution in [1.29, 1.82) is 0 Å². The minimum Gasteiger partial charge on any atom is -0.296 e. The van der Waals surface area contributed by atoms with Gasteiger partial charge in [0.15, 0.2) is 0 Å². The van der Waals surface area contributed by atoms with E-state index in [0.29, 0.717) is 0 Å². The molecule has 0 N–H and O–H groups in total. The molecule has 0 aliphatic carbocycles. The molecule has 76 valence electrons. The Morgan fingerprint density at radius 1 is 1.46 bits per heavy atom. The van der Waals surface area contributed by atoms with Crippen molar-refractivity contribution in [2.45, 2.75) is 46.6 Å². The van der Waals surface area contributed by atoms with Crippen LogP contribution in [-0.2, 0) is 0 Å². The van der Waals surface area contributed by atoms with Crippen LogP contribution in [0.25, 0.3) is 0 Å². The van der Waals surface area contributed by atoms with Gasteiger partial charge in [0.1, 0.15) is 0 Å². The molecule has 0 aromatic heterocycles. The smallest absolute Gasteiger partial charge is 0.0168 e. The monoisotopic (exact) mass is 181 g/mol. The number of allylic oxidation sites excluding steroid dienone is 1. The number of hydrogen-bond acceptors (Lipinski definition) is 1. The minimum atomic E-state index is 0.813. The van der Waals surface area contributed by atoms with Crippen LogP contribution in [0.5, 0.6) is 0 Å². The fourth-order valence-corrected chi connectivity index (χ4v) is 2.13. The zero-order valence-corrected chi connectivity index (χ0v) is 9.51. The summed E-state index contributed by atoms with van der Waals surface area (Å²) in [7, 11) is 0. The standard InChI is InChI=1S/C12H23N/c1-10(2)7-9-13-8-5-6-12(13)11(3)4/h7,11-12H,5-6,8-9H2,1-4H3. The molecule has 0 amide bonds. The van der Waals surface area contributed by atoms with Gasteiger partial charge in [-0.1, -0.05) is 25.5 Å². The van der Waals surface area contributed by atoms with Crippen LogP contribution >= 0.6 is 0 Å². The highest BCUT2D eigenvalue weighted by Crippen LogP contribution is 2.23. The highest BCUT2D eigenvalue weighted by Gasteiger charge is 2.25. The molecular weight excluding hydrogens is 158 g/mol. The SMILES string of the molecule is CC(C)=CCN1CCCC1C(C)C.